The second kappa shape index (κ2) is 8.66. The van der Waals surface area contributed by atoms with Gasteiger partial charge in [-0.15, -0.1) is 12.4 Å². The third-order valence-electron chi connectivity index (χ3n) is 2.79. The summed E-state index contributed by atoms with van der Waals surface area (Å²) in [6.07, 6.45) is 0.429. The zero-order valence-corrected chi connectivity index (χ0v) is 13.4. The van der Waals surface area contributed by atoms with Gasteiger partial charge in [0.15, 0.2) is 17.3 Å². The first-order valence-corrected chi connectivity index (χ1v) is 6.02. The second-order valence-corrected chi connectivity index (χ2v) is 4.36. The highest BCUT2D eigenvalue weighted by Crippen LogP contribution is 2.40. The molecular formula is C14H22ClNO4. The van der Waals surface area contributed by atoms with Gasteiger partial charge < -0.3 is 19.1 Å². The molecule has 0 atom stereocenters. The molecule has 0 aliphatic carbocycles. The Balaban J connectivity index is 0.00000361. The zero-order chi connectivity index (χ0) is 14.4. The minimum absolute atomic E-state index is 0. The molecule has 0 saturated heterocycles. The number of carbonyl (C=O) groups excluding carboxylic acids is 1. The molecule has 0 amide bonds. The molecule has 0 spiro atoms. The first kappa shape index (κ1) is 18.5. The van der Waals surface area contributed by atoms with Gasteiger partial charge in [0, 0.05) is 13.0 Å². The van der Waals surface area contributed by atoms with Crippen LogP contribution >= 0.6 is 12.4 Å². The zero-order valence-electron chi connectivity index (χ0n) is 12.6. The Morgan fingerprint density at radius 2 is 1.65 bits per heavy atom. The van der Waals surface area contributed by atoms with Crippen LogP contribution in [0, 0.1) is 0 Å². The summed E-state index contributed by atoms with van der Waals surface area (Å²) in [4.78, 5) is 14.2. The molecule has 0 saturated carbocycles. The van der Waals surface area contributed by atoms with Crippen molar-refractivity contribution < 1.29 is 19.0 Å². The van der Waals surface area contributed by atoms with Crippen LogP contribution in [0.5, 0.6) is 17.2 Å². The minimum atomic E-state index is 0. The van der Waals surface area contributed by atoms with Crippen LogP contribution < -0.4 is 14.2 Å². The Bertz CT molecular complexity index is 449. The van der Waals surface area contributed by atoms with Crippen LogP contribution in [0.4, 0.5) is 0 Å². The largest absolute Gasteiger partial charge is 0.493 e. The number of rotatable bonds is 7. The molecule has 0 aromatic heterocycles. The fourth-order valence-corrected chi connectivity index (χ4v) is 1.78. The van der Waals surface area contributed by atoms with Gasteiger partial charge in [0.1, 0.15) is 0 Å². The van der Waals surface area contributed by atoms with E-state index in [2.05, 4.69) is 0 Å². The van der Waals surface area contributed by atoms with Crippen molar-refractivity contribution in [2.45, 2.75) is 6.42 Å². The number of hydrogen-bond donors (Lipinski definition) is 0. The fraction of sp³-hybridized carbons (Fsp3) is 0.500. The smallest absolute Gasteiger partial charge is 0.204 e. The lowest BCUT2D eigenvalue weighted by Gasteiger charge is -2.15. The van der Waals surface area contributed by atoms with Gasteiger partial charge in [-0.1, -0.05) is 0 Å². The molecule has 0 fully saturated rings. The van der Waals surface area contributed by atoms with Crippen LogP contribution in [0.2, 0.25) is 0 Å². The normalized spacial score (nSPS) is 9.90. The highest BCUT2D eigenvalue weighted by Gasteiger charge is 2.20. The van der Waals surface area contributed by atoms with E-state index in [-0.39, 0.29) is 18.2 Å². The van der Waals surface area contributed by atoms with E-state index in [1.54, 1.807) is 19.2 Å². The molecule has 0 heterocycles. The third kappa shape index (κ3) is 4.28. The molecule has 0 unspecified atom stereocenters. The first-order chi connectivity index (χ1) is 9.04. The monoisotopic (exact) mass is 303 g/mol. The van der Waals surface area contributed by atoms with Gasteiger partial charge in [-0.25, -0.2) is 0 Å². The molecule has 0 bridgehead atoms. The van der Waals surface area contributed by atoms with Crippen LogP contribution in [0.25, 0.3) is 0 Å². The number of ketones is 1. The number of methoxy groups -OCH3 is 3. The SMILES string of the molecule is COc1ccc(C(=O)CCN(C)C)c(OC)c1OC.Cl. The van der Waals surface area contributed by atoms with Crippen molar-refractivity contribution in [2.75, 3.05) is 42.0 Å². The fourth-order valence-electron chi connectivity index (χ4n) is 1.78. The van der Waals surface area contributed by atoms with Gasteiger partial charge in [-0.2, -0.15) is 0 Å². The molecule has 0 aliphatic heterocycles. The van der Waals surface area contributed by atoms with Crippen LogP contribution in [-0.4, -0.2) is 52.7 Å². The summed E-state index contributed by atoms with van der Waals surface area (Å²) in [5.74, 6) is 1.43. The lowest BCUT2D eigenvalue weighted by molar-refractivity contribution is 0.0969. The summed E-state index contributed by atoms with van der Waals surface area (Å²) < 4.78 is 15.7. The standard InChI is InChI=1S/C14H21NO4.ClH/c1-15(2)9-8-11(16)10-6-7-12(17-3)14(19-5)13(10)18-4;/h6-7H,8-9H2,1-5H3;1H. The third-order valence-corrected chi connectivity index (χ3v) is 2.79. The molecule has 6 heteroatoms. The summed E-state index contributed by atoms with van der Waals surface area (Å²) in [6, 6.07) is 3.42. The van der Waals surface area contributed by atoms with Crippen molar-refractivity contribution in [3.05, 3.63) is 17.7 Å². The lowest BCUT2D eigenvalue weighted by Crippen LogP contribution is -2.17. The van der Waals surface area contributed by atoms with E-state index in [4.69, 9.17) is 14.2 Å². The van der Waals surface area contributed by atoms with Crippen molar-refractivity contribution in [2.24, 2.45) is 0 Å². The van der Waals surface area contributed by atoms with Gasteiger partial charge in [-0.3, -0.25) is 4.79 Å². The maximum atomic E-state index is 12.2. The van der Waals surface area contributed by atoms with Crippen molar-refractivity contribution in [1.29, 1.82) is 0 Å². The van der Waals surface area contributed by atoms with Gasteiger partial charge in [0.2, 0.25) is 5.75 Å². The molecule has 0 aliphatic rings. The number of Topliss-reactive ketones (excluding diaryl/α,β-unsaturated/α-hetero) is 1. The van der Waals surface area contributed by atoms with E-state index in [0.29, 0.717) is 35.8 Å². The number of carbonyl (C=O) groups is 1. The van der Waals surface area contributed by atoms with E-state index < -0.39 is 0 Å². The first-order valence-electron chi connectivity index (χ1n) is 6.02. The Morgan fingerprint density at radius 3 is 2.10 bits per heavy atom. The topological polar surface area (TPSA) is 48.0 Å². The van der Waals surface area contributed by atoms with E-state index in [0.717, 1.165) is 0 Å². The maximum absolute atomic E-state index is 12.2. The van der Waals surface area contributed by atoms with Gasteiger partial charge in [0.05, 0.1) is 26.9 Å². The summed E-state index contributed by atoms with van der Waals surface area (Å²) in [5, 5.41) is 0. The molecule has 114 valence electrons. The van der Waals surface area contributed by atoms with Crippen LogP contribution in [0.15, 0.2) is 12.1 Å². The highest BCUT2D eigenvalue weighted by atomic mass is 35.5. The van der Waals surface area contributed by atoms with Gasteiger partial charge >= 0.3 is 0 Å². The number of nitrogens with zero attached hydrogens (tertiary/aromatic N) is 1. The Hall–Kier alpha value is -1.46. The molecule has 1 rings (SSSR count). The van der Waals surface area contributed by atoms with Crippen molar-refractivity contribution in [1.82, 2.24) is 4.90 Å². The summed E-state index contributed by atoms with van der Waals surface area (Å²) in [5.41, 5.74) is 0.516. The molecule has 1 aromatic rings. The van der Waals surface area contributed by atoms with Crippen molar-refractivity contribution in [3.63, 3.8) is 0 Å². The minimum Gasteiger partial charge on any atom is -0.493 e. The predicted octanol–water partition coefficient (Wildman–Crippen LogP) is 2.27. The lowest BCUT2D eigenvalue weighted by atomic mass is 10.1. The maximum Gasteiger partial charge on any atom is 0.204 e. The molecule has 20 heavy (non-hydrogen) atoms. The summed E-state index contributed by atoms with van der Waals surface area (Å²) in [6.45, 7) is 0.691. The van der Waals surface area contributed by atoms with Crippen LogP contribution in [0.3, 0.4) is 0 Å². The van der Waals surface area contributed by atoms with Gasteiger partial charge in [-0.05, 0) is 26.2 Å². The van der Waals surface area contributed by atoms with Crippen molar-refractivity contribution in [3.8, 4) is 17.2 Å². The average Bonchev–Trinajstić information content (AvgIpc) is 2.42. The Labute approximate surface area is 126 Å². The summed E-state index contributed by atoms with van der Waals surface area (Å²) >= 11 is 0. The van der Waals surface area contributed by atoms with E-state index in [1.807, 2.05) is 19.0 Å². The average molecular weight is 304 g/mol. The molecule has 5 nitrogen and oxygen atoms in total. The van der Waals surface area contributed by atoms with Crippen LogP contribution in [0.1, 0.15) is 16.8 Å². The van der Waals surface area contributed by atoms with E-state index in [1.165, 1.54) is 14.2 Å². The predicted molar refractivity (Wildman–Crippen MR) is 80.8 cm³/mol. The number of hydrogen-bond acceptors (Lipinski definition) is 5. The van der Waals surface area contributed by atoms with E-state index >= 15 is 0 Å². The van der Waals surface area contributed by atoms with Crippen molar-refractivity contribution >= 4 is 18.2 Å². The van der Waals surface area contributed by atoms with Crippen LogP contribution in [-0.2, 0) is 0 Å². The summed E-state index contributed by atoms with van der Waals surface area (Å²) in [7, 11) is 8.44. The Kier molecular flexibility index (Phi) is 8.03. The second-order valence-electron chi connectivity index (χ2n) is 4.36. The number of benzene rings is 1. The molecular weight excluding hydrogens is 282 g/mol. The molecule has 1 aromatic carbocycles. The number of ether oxygens (including phenoxy) is 3. The highest BCUT2D eigenvalue weighted by molar-refractivity contribution is 6.00. The van der Waals surface area contributed by atoms with Gasteiger partial charge in [0.25, 0.3) is 0 Å². The Morgan fingerprint density at radius 1 is 1.05 bits per heavy atom. The molecule has 0 N–H and O–H groups in total. The molecule has 0 radical (unpaired) electrons. The van der Waals surface area contributed by atoms with E-state index in [9.17, 15) is 4.79 Å². The number of halogens is 1. The quantitative estimate of drug-likeness (QED) is 0.723.